The summed E-state index contributed by atoms with van der Waals surface area (Å²) in [5.74, 6) is -3.34. The number of morpholine rings is 1. The molecule has 1 atom stereocenters. The molecule has 1 aliphatic rings. The van der Waals surface area contributed by atoms with E-state index in [0.29, 0.717) is 18.8 Å². The molecule has 170 valence electrons. The third-order valence-electron chi connectivity index (χ3n) is 4.78. The van der Waals surface area contributed by atoms with Crippen LogP contribution in [-0.4, -0.2) is 55.0 Å². The van der Waals surface area contributed by atoms with Crippen LogP contribution in [0, 0.1) is 5.82 Å². The van der Waals surface area contributed by atoms with Gasteiger partial charge in [-0.25, -0.2) is 9.18 Å². The summed E-state index contributed by atoms with van der Waals surface area (Å²) in [5.41, 5.74) is 4.03. The van der Waals surface area contributed by atoms with Crippen LogP contribution in [-0.2, 0) is 16.0 Å². The third kappa shape index (κ3) is 5.97. The van der Waals surface area contributed by atoms with Gasteiger partial charge in [0.25, 0.3) is 5.91 Å². The van der Waals surface area contributed by atoms with Crippen molar-refractivity contribution in [2.24, 2.45) is 0 Å². The maximum absolute atomic E-state index is 14.6. The SMILES string of the molecule is O=C(NNC(=O)C(F)F)c1ccc(CC2COCCN2C(=O)Nc2ccccc2)c(F)c1. The molecule has 1 saturated heterocycles. The Kier molecular flexibility index (Phi) is 7.66. The van der Waals surface area contributed by atoms with Gasteiger partial charge in [-0.1, -0.05) is 24.3 Å². The molecule has 0 bridgehead atoms. The Morgan fingerprint density at radius 3 is 2.53 bits per heavy atom. The highest BCUT2D eigenvalue weighted by molar-refractivity contribution is 5.95. The Morgan fingerprint density at radius 1 is 1.09 bits per heavy atom. The van der Waals surface area contributed by atoms with Gasteiger partial charge < -0.3 is 15.0 Å². The van der Waals surface area contributed by atoms with E-state index >= 15 is 0 Å². The average Bonchev–Trinajstić information content (AvgIpc) is 2.79. The van der Waals surface area contributed by atoms with Gasteiger partial charge >= 0.3 is 18.4 Å². The van der Waals surface area contributed by atoms with E-state index in [0.717, 1.165) is 6.07 Å². The summed E-state index contributed by atoms with van der Waals surface area (Å²) in [6.45, 7) is 0.892. The maximum atomic E-state index is 14.6. The van der Waals surface area contributed by atoms with Gasteiger partial charge in [0.2, 0.25) is 0 Å². The predicted molar refractivity (Wildman–Crippen MR) is 108 cm³/mol. The predicted octanol–water partition coefficient (Wildman–Crippen LogP) is 2.33. The summed E-state index contributed by atoms with van der Waals surface area (Å²) in [5, 5.41) is 2.79. The van der Waals surface area contributed by atoms with Crippen LogP contribution in [0.2, 0.25) is 0 Å². The van der Waals surface area contributed by atoms with Crippen LogP contribution in [0.3, 0.4) is 0 Å². The Balaban J connectivity index is 1.65. The summed E-state index contributed by atoms with van der Waals surface area (Å²) >= 11 is 0. The highest BCUT2D eigenvalue weighted by Gasteiger charge is 2.28. The number of nitrogens with one attached hydrogen (secondary N) is 3. The lowest BCUT2D eigenvalue weighted by atomic mass is 10.0. The monoisotopic (exact) mass is 450 g/mol. The number of urea groups is 1. The molecule has 3 rings (SSSR count). The second-order valence-electron chi connectivity index (χ2n) is 6.97. The standard InChI is InChI=1S/C21H21F3N4O4/c22-17-11-14(19(29)26-27-20(30)18(23)24)7-6-13(17)10-16-12-32-9-8-28(16)21(31)25-15-4-2-1-3-5-15/h1-7,11,16,18H,8-10,12H2,(H,25,31)(H,26,29)(H,27,30). The summed E-state index contributed by atoms with van der Waals surface area (Å²) in [7, 11) is 0. The lowest BCUT2D eigenvalue weighted by Gasteiger charge is -2.35. The smallest absolute Gasteiger partial charge is 0.322 e. The van der Waals surface area contributed by atoms with Gasteiger partial charge in [-0.15, -0.1) is 0 Å². The van der Waals surface area contributed by atoms with Crippen LogP contribution in [0.1, 0.15) is 15.9 Å². The fourth-order valence-corrected chi connectivity index (χ4v) is 3.16. The van der Waals surface area contributed by atoms with Crippen molar-refractivity contribution in [2.45, 2.75) is 18.9 Å². The van der Waals surface area contributed by atoms with E-state index in [1.807, 2.05) is 6.07 Å². The van der Waals surface area contributed by atoms with Gasteiger partial charge in [-0.05, 0) is 36.2 Å². The fraction of sp³-hybridized carbons (Fsp3) is 0.286. The van der Waals surface area contributed by atoms with Crippen molar-refractivity contribution in [1.82, 2.24) is 15.8 Å². The summed E-state index contributed by atoms with van der Waals surface area (Å²) in [6.07, 6.45) is -3.16. The highest BCUT2D eigenvalue weighted by atomic mass is 19.3. The fourth-order valence-electron chi connectivity index (χ4n) is 3.16. The molecule has 8 nitrogen and oxygen atoms in total. The molecule has 0 aromatic heterocycles. The quantitative estimate of drug-likeness (QED) is 0.609. The van der Waals surface area contributed by atoms with E-state index in [-0.39, 0.29) is 30.2 Å². The number of rotatable bonds is 5. The molecular formula is C21H21F3N4O4. The van der Waals surface area contributed by atoms with Gasteiger partial charge in [-0.2, -0.15) is 8.78 Å². The van der Waals surface area contributed by atoms with Crippen LogP contribution in [0.15, 0.2) is 48.5 Å². The number of para-hydroxylation sites is 1. The van der Waals surface area contributed by atoms with Crippen LogP contribution < -0.4 is 16.2 Å². The minimum atomic E-state index is -3.30. The second kappa shape index (κ2) is 10.6. The molecule has 0 aliphatic carbocycles. The molecule has 3 N–H and O–H groups in total. The minimum absolute atomic E-state index is 0.137. The molecule has 1 unspecified atom stereocenters. The molecule has 1 fully saturated rings. The Bertz CT molecular complexity index is 975. The van der Waals surface area contributed by atoms with Gasteiger partial charge in [-0.3, -0.25) is 20.4 Å². The van der Waals surface area contributed by atoms with E-state index in [1.165, 1.54) is 17.6 Å². The summed E-state index contributed by atoms with van der Waals surface area (Å²) < 4.78 is 44.4. The number of hydrogen-bond donors (Lipinski definition) is 3. The molecule has 0 saturated carbocycles. The van der Waals surface area contributed by atoms with Crippen LogP contribution >= 0.6 is 0 Å². The van der Waals surface area contributed by atoms with E-state index in [9.17, 15) is 27.6 Å². The Hall–Kier alpha value is -3.60. The van der Waals surface area contributed by atoms with Crippen LogP contribution in [0.4, 0.5) is 23.7 Å². The Morgan fingerprint density at radius 2 is 1.84 bits per heavy atom. The molecule has 0 spiro atoms. The number of hydrogen-bond acceptors (Lipinski definition) is 4. The number of anilines is 1. The molecule has 2 aromatic rings. The molecule has 11 heteroatoms. The van der Waals surface area contributed by atoms with Crippen LogP contribution in [0.5, 0.6) is 0 Å². The lowest BCUT2D eigenvalue weighted by Crippen LogP contribution is -2.51. The molecule has 1 aliphatic heterocycles. The zero-order chi connectivity index (χ0) is 23.1. The lowest BCUT2D eigenvalue weighted by molar-refractivity contribution is -0.132. The first-order valence-corrected chi connectivity index (χ1v) is 9.72. The molecule has 32 heavy (non-hydrogen) atoms. The molecule has 2 aromatic carbocycles. The van der Waals surface area contributed by atoms with Gasteiger partial charge in [0.1, 0.15) is 5.82 Å². The van der Waals surface area contributed by atoms with Crippen molar-refractivity contribution in [1.29, 1.82) is 0 Å². The first kappa shape index (κ1) is 23.1. The number of halogens is 3. The first-order valence-electron chi connectivity index (χ1n) is 9.72. The van der Waals surface area contributed by atoms with Crippen molar-refractivity contribution in [2.75, 3.05) is 25.1 Å². The molecular weight excluding hydrogens is 429 g/mol. The van der Waals surface area contributed by atoms with Crippen LogP contribution in [0.25, 0.3) is 0 Å². The number of carbonyl (C=O) groups excluding carboxylic acids is 3. The van der Waals surface area contributed by atoms with Gasteiger partial charge in [0.05, 0.1) is 19.3 Å². The number of nitrogens with zero attached hydrogens (tertiary/aromatic N) is 1. The van der Waals surface area contributed by atoms with E-state index < -0.39 is 30.1 Å². The van der Waals surface area contributed by atoms with Crippen molar-refractivity contribution >= 4 is 23.5 Å². The van der Waals surface area contributed by atoms with Crippen molar-refractivity contribution in [3.63, 3.8) is 0 Å². The minimum Gasteiger partial charge on any atom is -0.377 e. The number of amides is 4. The number of carbonyl (C=O) groups is 3. The summed E-state index contributed by atoms with van der Waals surface area (Å²) in [6, 6.07) is 11.7. The average molecular weight is 450 g/mol. The first-order chi connectivity index (χ1) is 15.3. The zero-order valence-corrected chi connectivity index (χ0v) is 16.8. The summed E-state index contributed by atoms with van der Waals surface area (Å²) in [4.78, 5) is 37.0. The van der Waals surface area contributed by atoms with Gasteiger partial charge in [0, 0.05) is 17.8 Å². The third-order valence-corrected chi connectivity index (χ3v) is 4.78. The zero-order valence-electron chi connectivity index (χ0n) is 16.8. The number of benzene rings is 2. The maximum Gasteiger partial charge on any atom is 0.322 e. The van der Waals surface area contributed by atoms with E-state index in [4.69, 9.17) is 4.74 Å². The molecule has 0 radical (unpaired) electrons. The van der Waals surface area contributed by atoms with Crippen molar-refractivity contribution in [3.05, 3.63) is 65.5 Å². The Labute approximate surface area is 181 Å². The number of alkyl halides is 2. The van der Waals surface area contributed by atoms with Crippen molar-refractivity contribution in [3.8, 4) is 0 Å². The van der Waals surface area contributed by atoms with Gasteiger partial charge in [0.15, 0.2) is 0 Å². The number of ether oxygens (including phenoxy) is 1. The largest absolute Gasteiger partial charge is 0.377 e. The normalized spacial score (nSPS) is 15.9. The molecule has 1 heterocycles. The molecule has 4 amide bonds. The number of hydrazine groups is 1. The second-order valence-corrected chi connectivity index (χ2v) is 6.97. The highest BCUT2D eigenvalue weighted by Crippen LogP contribution is 2.19. The topological polar surface area (TPSA) is 99.8 Å². The van der Waals surface area contributed by atoms with Crippen molar-refractivity contribution < 1.29 is 32.3 Å². The van der Waals surface area contributed by atoms with E-state index in [2.05, 4.69) is 5.32 Å². The van der Waals surface area contributed by atoms with E-state index in [1.54, 1.807) is 34.6 Å².